The van der Waals surface area contributed by atoms with Gasteiger partial charge >= 0.3 is 17.9 Å². The van der Waals surface area contributed by atoms with Crippen LogP contribution in [0.1, 0.15) is 280 Å². The topological polar surface area (TPSA) is 301 Å². The summed E-state index contributed by atoms with van der Waals surface area (Å²) in [6.45, 7) is 24.9. The van der Waals surface area contributed by atoms with Crippen LogP contribution in [0.5, 0.6) is 0 Å². The van der Waals surface area contributed by atoms with Gasteiger partial charge in [0.05, 0.1) is 26.5 Å². The number of aliphatic carboxylic acids is 3. The van der Waals surface area contributed by atoms with Gasteiger partial charge in [0.1, 0.15) is 6.04 Å². The average molecular weight is 1960 g/mol. The smallest absolute Gasteiger partial charge is 0.326 e. The minimum absolute atomic E-state index is 0.0275. The van der Waals surface area contributed by atoms with Crippen molar-refractivity contribution in [3.05, 3.63) is 282 Å². The molecule has 18 rings (SSSR count). The van der Waals surface area contributed by atoms with Crippen LogP contribution in [0.25, 0.3) is 67.5 Å². The first-order valence-electron chi connectivity index (χ1n) is 50.4. The van der Waals surface area contributed by atoms with Gasteiger partial charge in [-0.1, -0.05) is 247 Å². The van der Waals surface area contributed by atoms with E-state index in [0.29, 0.717) is 93.9 Å². The molecule has 6 aromatic carbocycles. The maximum Gasteiger partial charge on any atom is 0.326 e. The number of hydrogen-bond donors (Lipinski definition) is 3. The van der Waals surface area contributed by atoms with Gasteiger partial charge < -0.3 is 30.0 Å². The van der Waals surface area contributed by atoms with Crippen LogP contribution in [0.2, 0.25) is 0 Å². The van der Waals surface area contributed by atoms with Crippen molar-refractivity contribution in [2.24, 2.45) is 35.0 Å². The Morgan fingerprint density at radius 2 is 0.606 bits per heavy atom. The first-order valence-corrected chi connectivity index (χ1v) is 52.8. The van der Waals surface area contributed by atoms with E-state index in [1.807, 2.05) is 146 Å². The number of aromatic nitrogens is 6. The van der Waals surface area contributed by atoms with Crippen LogP contribution in [-0.4, -0.2) is 152 Å². The number of carboxylic acid groups (broad SMARTS) is 3. The summed E-state index contributed by atoms with van der Waals surface area (Å²) >= 11 is 4.43. The SMILES string of the molecule is CC(C)(C)c1ccc(C(=O)C[C@@H](Cc2ccc(-c3ncc(-c4ccc(C5CCCC5)cc4)cn3)cc2)C(=O)N2CC(C(=O)O)C2)s1.CC(C)(C)c1ccc(C(=O)C[C@@H](Cc2ccc(-c3ncc(-c4ccc(C5CCCC5)cc4)cn3)cc2)C(=O)N2CCC[C@H]2C(=O)O)s1.CC1(C)CCC(c2ccc(-c3cnc(-c4ccc(C[C@H](CC(=O)c5ccc(C(C)(C)C)s5)C(=O)N5CC(C(=O)O)C5)cc4)nc3)cc2)CC1. The van der Waals surface area contributed by atoms with Crippen molar-refractivity contribution >= 4 is 87.0 Å². The molecule has 21 nitrogen and oxygen atoms in total. The number of nitrogens with zero attached hydrogens (tertiary/aromatic N) is 9. The van der Waals surface area contributed by atoms with Gasteiger partial charge in [-0.25, -0.2) is 34.7 Å². The Hall–Kier alpha value is -12.5. The molecular weight excluding hydrogens is 1830 g/mol. The van der Waals surface area contributed by atoms with Crippen LogP contribution in [0, 0.1) is 35.0 Å². The van der Waals surface area contributed by atoms with Crippen LogP contribution in [-0.2, 0) is 64.3 Å². The highest BCUT2D eigenvalue weighted by atomic mass is 32.1. The zero-order valence-electron chi connectivity index (χ0n) is 83.4. The van der Waals surface area contributed by atoms with Crippen LogP contribution >= 0.6 is 34.0 Å². The number of amides is 3. The summed E-state index contributed by atoms with van der Waals surface area (Å²) in [6.07, 6.45) is 28.9. The molecule has 6 aromatic heterocycles. The summed E-state index contributed by atoms with van der Waals surface area (Å²) in [5.74, 6) is -2.67. The van der Waals surface area contributed by atoms with E-state index in [4.69, 9.17) is 0 Å². The summed E-state index contributed by atoms with van der Waals surface area (Å²) in [5.41, 5.74) is 16.0. The number of carboxylic acids is 3. The molecule has 738 valence electrons. The van der Waals surface area contributed by atoms with Gasteiger partial charge in [-0.15, -0.1) is 34.0 Å². The monoisotopic (exact) mass is 1960 g/mol. The number of likely N-dealkylation sites (tertiary alicyclic amines) is 3. The molecule has 3 aliphatic carbocycles. The summed E-state index contributed by atoms with van der Waals surface area (Å²) in [7, 11) is 0. The Labute approximate surface area is 846 Å². The molecule has 3 N–H and O–H groups in total. The van der Waals surface area contributed by atoms with Gasteiger partial charge in [0.25, 0.3) is 0 Å². The molecule has 3 aliphatic heterocycles. The quantitative estimate of drug-likeness (QED) is 0.0352. The third kappa shape index (κ3) is 25.6. The lowest BCUT2D eigenvalue weighted by Gasteiger charge is -2.38. The Morgan fingerprint density at radius 1 is 0.331 bits per heavy atom. The highest BCUT2D eigenvalue weighted by Gasteiger charge is 2.43. The van der Waals surface area contributed by atoms with Gasteiger partial charge in [-0.3, -0.25) is 38.4 Å². The highest BCUT2D eigenvalue weighted by molar-refractivity contribution is 7.15. The van der Waals surface area contributed by atoms with Gasteiger partial charge in [-0.05, 0) is 209 Å². The minimum Gasteiger partial charge on any atom is -0.481 e. The van der Waals surface area contributed by atoms with Crippen LogP contribution < -0.4 is 0 Å². The molecule has 6 fully saturated rings. The zero-order chi connectivity index (χ0) is 100. The van der Waals surface area contributed by atoms with E-state index in [2.05, 4.69) is 179 Å². The van der Waals surface area contributed by atoms with E-state index in [-0.39, 0.29) is 96.8 Å². The number of thiophene rings is 3. The Bertz CT molecular complexity index is 6440. The fourth-order valence-electron chi connectivity index (χ4n) is 20.2. The Kier molecular flexibility index (Phi) is 32.1. The van der Waals surface area contributed by atoms with Crippen LogP contribution in [0.3, 0.4) is 0 Å². The molecule has 0 unspecified atom stereocenters. The molecule has 24 heteroatoms. The molecule has 3 saturated carbocycles. The fraction of sp³-hybridized carbons (Fsp3) is 0.415. The number of ketones is 3. The first-order chi connectivity index (χ1) is 67.9. The second kappa shape index (κ2) is 44.6. The maximum atomic E-state index is 13.8. The molecular formula is C118H131N9O12S3. The fourth-order valence-corrected chi connectivity index (χ4v) is 23.3. The van der Waals surface area contributed by atoms with Gasteiger partial charge in [0.15, 0.2) is 34.8 Å². The predicted molar refractivity (Wildman–Crippen MR) is 561 cm³/mol. The number of carbonyl (C=O) groups excluding carboxylic acids is 6. The molecule has 0 bridgehead atoms. The molecule has 6 aliphatic rings. The lowest BCUT2D eigenvalue weighted by atomic mass is 9.71. The largest absolute Gasteiger partial charge is 0.481 e. The first kappa shape index (κ1) is 102. The third-order valence-corrected chi connectivity index (χ3v) is 34.0. The standard InChI is InChI=1S/C41H47N3O4S.C39H43N3O4S.C38H41N3O4S/c1-40(2,3)36-15-14-35(49-36)34(45)21-31(38(46)44-24-33(25-44)39(47)48)20-26-6-8-30(9-7-26)37-42-22-32(23-43-37)28-12-10-27(11-13-28)29-16-18-41(4,5)19-17-29;1-39(2,3)35-19-18-34(47-35)33(43)22-30(37(44)42-20-6-9-32(42)38(45)46)21-25-10-12-29(13-11-25)36-40-23-31(24-41-36)28-16-14-27(15-17-28)26-7-4-5-8-26;1-38(2,3)34-17-16-33(46-34)32(42)19-29(36(43)41-22-31(23-41)37(44)45)18-24-8-10-28(11-9-24)35-39-20-30(21-40-35)27-14-12-26(13-15-27)25-6-4-5-7-25/h6-15,22-23,29,31,33H,16-21,24-25H2,1-5H3,(H,47,48);10-19,23-24,26,30,32H,4-9,20-22H2,1-3H3,(H,45,46);8-17,20-21,25,29,31H,4-7,18-19,22-23H2,1-3H3,(H,44,45)/t31-;30-,32+;29-/m111/s1. The number of Topliss-reactive ketones (excluding diaryl/α,β-unsaturated/α-hetero) is 3. The molecule has 3 amide bonds. The van der Waals surface area contributed by atoms with E-state index in [1.165, 1.54) is 133 Å². The summed E-state index contributed by atoms with van der Waals surface area (Å²) in [4.78, 5) is 154. The van der Waals surface area contributed by atoms with Crippen molar-refractivity contribution in [1.82, 2.24) is 44.6 Å². The van der Waals surface area contributed by atoms with Gasteiger partial charge in [0.2, 0.25) is 17.7 Å². The van der Waals surface area contributed by atoms with E-state index < -0.39 is 53.5 Å². The lowest BCUT2D eigenvalue weighted by molar-refractivity contribution is -0.156. The molecule has 9 heterocycles. The second-order valence-electron chi connectivity index (χ2n) is 43.7. The minimum atomic E-state index is -0.995. The van der Waals surface area contributed by atoms with Gasteiger partial charge in [-0.2, -0.15) is 0 Å². The van der Waals surface area contributed by atoms with E-state index >= 15 is 0 Å². The van der Waals surface area contributed by atoms with E-state index in [9.17, 15) is 58.5 Å². The number of benzene rings is 6. The molecule has 4 atom stereocenters. The van der Waals surface area contributed by atoms with Crippen molar-refractivity contribution in [2.75, 3.05) is 32.7 Å². The second-order valence-corrected chi connectivity index (χ2v) is 46.9. The number of carbonyl (C=O) groups is 9. The summed E-state index contributed by atoms with van der Waals surface area (Å²) in [6, 6.07) is 60.5. The lowest BCUT2D eigenvalue weighted by Crippen LogP contribution is -2.55. The van der Waals surface area contributed by atoms with Crippen LogP contribution in [0.4, 0.5) is 0 Å². The summed E-state index contributed by atoms with van der Waals surface area (Å²) in [5, 5.41) is 28.4. The van der Waals surface area contributed by atoms with Crippen LogP contribution in [0.15, 0.2) is 219 Å². The third-order valence-electron chi connectivity index (χ3n) is 29.3. The van der Waals surface area contributed by atoms with E-state index in [0.717, 1.165) is 81.4 Å². The molecule has 3 saturated heterocycles. The van der Waals surface area contributed by atoms with Crippen molar-refractivity contribution in [2.45, 2.75) is 245 Å². The normalized spacial score (nSPS) is 17.1. The highest BCUT2D eigenvalue weighted by Crippen LogP contribution is 2.45. The van der Waals surface area contributed by atoms with Crippen molar-refractivity contribution in [1.29, 1.82) is 0 Å². The average Bonchev–Trinajstić information content (AvgIpc) is 1.25. The van der Waals surface area contributed by atoms with E-state index in [1.54, 1.807) is 9.80 Å². The Morgan fingerprint density at radius 3 is 0.873 bits per heavy atom. The number of hydrogen-bond acceptors (Lipinski definition) is 18. The number of rotatable bonds is 30. The Balaban J connectivity index is 0.000000153. The molecule has 142 heavy (non-hydrogen) atoms. The molecule has 0 radical (unpaired) electrons. The molecule has 0 spiro atoms. The summed E-state index contributed by atoms with van der Waals surface area (Å²) < 4.78 is 0. The predicted octanol–water partition coefficient (Wildman–Crippen LogP) is 25.0. The van der Waals surface area contributed by atoms with Crippen molar-refractivity contribution < 1.29 is 58.5 Å². The molecule has 12 aromatic rings. The van der Waals surface area contributed by atoms with Gasteiger partial charge in [0, 0.05) is 155 Å². The maximum absolute atomic E-state index is 13.8. The van der Waals surface area contributed by atoms with Crippen molar-refractivity contribution in [3.8, 4) is 67.5 Å². The van der Waals surface area contributed by atoms with Crippen molar-refractivity contribution in [3.63, 3.8) is 0 Å². The zero-order valence-corrected chi connectivity index (χ0v) is 85.9.